The van der Waals surface area contributed by atoms with Gasteiger partial charge in [-0.3, -0.25) is 4.79 Å². The van der Waals surface area contributed by atoms with Crippen LogP contribution in [0.3, 0.4) is 0 Å². The lowest BCUT2D eigenvalue weighted by atomic mass is 9.96. The Morgan fingerprint density at radius 3 is 2.62 bits per heavy atom. The van der Waals surface area contributed by atoms with Crippen molar-refractivity contribution >= 4 is 49.8 Å². The number of nitrogens with one attached hydrogen (secondary N) is 2. The van der Waals surface area contributed by atoms with Crippen LogP contribution in [-0.2, 0) is 20.3 Å². The molecule has 2 N–H and O–H groups in total. The number of aryl methyl sites for hydroxylation is 1. The molecule has 12 heteroatoms. The maximum Gasteiger partial charge on any atom is 0.338 e. The molecule has 0 aliphatic carbocycles. The zero-order chi connectivity index (χ0) is 30.3. The Labute approximate surface area is 245 Å². The number of aromatic nitrogens is 3. The van der Waals surface area contributed by atoms with E-state index in [-0.39, 0.29) is 33.2 Å². The normalized spacial score (nSPS) is 11.6. The SMILES string of the molecule is COC(=O)c1cc(Nc2ncc(Cl)cc2F)c(-c2c[nH]c(=O)c3c2ccn3-c2cccc(C)c2C)cc1CS(C)(=O)=O. The van der Waals surface area contributed by atoms with Gasteiger partial charge in [0.05, 0.1) is 23.4 Å². The van der Waals surface area contributed by atoms with Crippen molar-refractivity contribution in [2.24, 2.45) is 0 Å². The number of fused-ring (bicyclic) bond motifs is 1. The molecule has 0 aliphatic heterocycles. The summed E-state index contributed by atoms with van der Waals surface area (Å²) in [5.74, 6) is -2.17. The molecule has 0 radical (unpaired) electrons. The first-order valence-electron chi connectivity index (χ1n) is 12.7. The molecule has 0 spiro atoms. The molecule has 9 nitrogen and oxygen atoms in total. The van der Waals surface area contributed by atoms with E-state index in [4.69, 9.17) is 16.3 Å². The fourth-order valence-corrected chi connectivity index (χ4v) is 5.84. The smallest absolute Gasteiger partial charge is 0.338 e. The van der Waals surface area contributed by atoms with E-state index in [0.29, 0.717) is 22.0 Å². The Kier molecular flexibility index (Phi) is 7.65. The second-order valence-electron chi connectivity index (χ2n) is 9.92. The summed E-state index contributed by atoms with van der Waals surface area (Å²) in [6.07, 6.45) is 5.58. The summed E-state index contributed by atoms with van der Waals surface area (Å²) >= 11 is 5.88. The maximum atomic E-state index is 14.8. The van der Waals surface area contributed by atoms with Crippen LogP contribution >= 0.6 is 11.6 Å². The lowest BCUT2D eigenvalue weighted by Gasteiger charge is -2.18. The molecule has 3 heterocycles. The standard InChI is InChI=1S/C30H26ClFN4O5S/c1-16-6-5-7-26(17(16)2)36-9-8-20-23(14-34-29(37)27(20)36)22-10-18(15-42(4,39)40)21(30(38)41-3)12-25(22)35-28-24(32)11-19(31)13-33-28/h5-14H,15H2,1-4H3,(H,33,35)(H,34,37). The van der Waals surface area contributed by atoms with Gasteiger partial charge in [-0.25, -0.2) is 22.6 Å². The van der Waals surface area contributed by atoms with Crippen LogP contribution in [0.25, 0.3) is 27.7 Å². The maximum absolute atomic E-state index is 14.8. The Morgan fingerprint density at radius 2 is 1.93 bits per heavy atom. The van der Waals surface area contributed by atoms with E-state index in [1.165, 1.54) is 31.6 Å². The number of ether oxygens (including phenoxy) is 1. The lowest BCUT2D eigenvalue weighted by molar-refractivity contribution is 0.0600. The van der Waals surface area contributed by atoms with Crippen LogP contribution in [-0.4, -0.2) is 42.3 Å². The highest BCUT2D eigenvalue weighted by Gasteiger charge is 2.23. The largest absolute Gasteiger partial charge is 0.465 e. The average molecular weight is 609 g/mol. The second-order valence-corrected chi connectivity index (χ2v) is 12.5. The van der Waals surface area contributed by atoms with E-state index in [9.17, 15) is 22.4 Å². The van der Waals surface area contributed by atoms with Crippen molar-refractivity contribution in [1.82, 2.24) is 14.5 Å². The fraction of sp³-hybridized carbons (Fsp3) is 0.167. The molecule has 0 amide bonds. The highest BCUT2D eigenvalue weighted by Crippen LogP contribution is 2.38. The number of anilines is 2. The number of H-pyrrole nitrogens is 1. The number of aromatic amines is 1. The number of carbonyl (C=O) groups is 1. The Bertz CT molecular complexity index is 2050. The number of nitrogens with zero attached hydrogens (tertiary/aromatic N) is 2. The molecule has 3 aromatic heterocycles. The van der Waals surface area contributed by atoms with Gasteiger partial charge in [-0.2, -0.15) is 0 Å². The van der Waals surface area contributed by atoms with Crippen molar-refractivity contribution in [3.63, 3.8) is 0 Å². The summed E-state index contributed by atoms with van der Waals surface area (Å²) in [4.78, 5) is 32.8. The van der Waals surface area contributed by atoms with Gasteiger partial charge >= 0.3 is 5.97 Å². The number of benzene rings is 2. The van der Waals surface area contributed by atoms with Gasteiger partial charge in [-0.1, -0.05) is 23.7 Å². The fourth-order valence-electron chi connectivity index (χ4n) is 4.89. The first-order valence-corrected chi connectivity index (χ1v) is 15.1. The number of sulfone groups is 1. The summed E-state index contributed by atoms with van der Waals surface area (Å²) in [7, 11) is -2.41. The van der Waals surface area contributed by atoms with Crippen LogP contribution in [0.15, 0.2) is 65.8 Å². The van der Waals surface area contributed by atoms with E-state index >= 15 is 0 Å². The highest BCUT2D eigenvalue weighted by atomic mass is 35.5. The van der Waals surface area contributed by atoms with E-state index in [2.05, 4.69) is 15.3 Å². The molecule has 0 saturated carbocycles. The second kappa shape index (κ2) is 11.1. The van der Waals surface area contributed by atoms with Gasteiger partial charge in [0.1, 0.15) is 5.52 Å². The summed E-state index contributed by atoms with van der Waals surface area (Å²) in [5.41, 5.74) is 4.10. The van der Waals surface area contributed by atoms with Gasteiger partial charge in [0, 0.05) is 52.7 Å². The number of hydrogen-bond donors (Lipinski definition) is 2. The number of esters is 1. The molecule has 5 rings (SSSR count). The summed E-state index contributed by atoms with van der Waals surface area (Å²) < 4.78 is 46.2. The molecule has 0 aliphatic rings. The number of carbonyl (C=O) groups excluding carboxylic acids is 1. The molecule has 0 unspecified atom stereocenters. The minimum absolute atomic E-state index is 0.0304. The third-order valence-electron chi connectivity index (χ3n) is 6.99. The zero-order valence-corrected chi connectivity index (χ0v) is 24.7. The number of pyridine rings is 2. The van der Waals surface area contributed by atoms with Gasteiger partial charge in [0.15, 0.2) is 21.5 Å². The van der Waals surface area contributed by atoms with E-state index in [1.807, 2.05) is 32.0 Å². The molecule has 0 saturated heterocycles. The van der Waals surface area contributed by atoms with Gasteiger partial charge < -0.3 is 19.6 Å². The van der Waals surface area contributed by atoms with Crippen LogP contribution in [0.4, 0.5) is 15.9 Å². The van der Waals surface area contributed by atoms with Crippen molar-refractivity contribution in [2.45, 2.75) is 19.6 Å². The molecular weight excluding hydrogens is 583 g/mol. The highest BCUT2D eigenvalue weighted by molar-refractivity contribution is 7.89. The molecule has 42 heavy (non-hydrogen) atoms. The van der Waals surface area contributed by atoms with Crippen LogP contribution in [0.1, 0.15) is 27.0 Å². The number of hydrogen-bond acceptors (Lipinski definition) is 7. The van der Waals surface area contributed by atoms with Crippen LogP contribution in [0.2, 0.25) is 5.02 Å². The van der Waals surface area contributed by atoms with Crippen molar-refractivity contribution in [3.05, 3.63) is 105 Å². The number of rotatable bonds is 7. The number of halogens is 2. The summed E-state index contributed by atoms with van der Waals surface area (Å²) in [6, 6.07) is 11.6. The topological polar surface area (TPSA) is 123 Å². The summed E-state index contributed by atoms with van der Waals surface area (Å²) in [6.45, 7) is 3.95. The van der Waals surface area contributed by atoms with Crippen molar-refractivity contribution in [3.8, 4) is 16.8 Å². The van der Waals surface area contributed by atoms with Gasteiger partial charge in [0.25, 0.3) is 5.56 Å². The third kappa shape index (κ3) is 5.53. The summed E-state index contributed by atoms with van der Waals surface area (Å²) in [5, 5.41) is 3.54. The van der Waals surface area contributed by atoms with Gasteiger partial charge in [0.2, 0.25) is 0 Å². The lowest BCUT2D eigenvalue weighted by Crippen LogP contribution is -2.13. The Morgan fingerprint density at radius 1 is 1.17 bits per heavy atom. The van der Waals surface area contributed by atoms with E-state index in [0.717, 1.165) is 29.1 Å². The first-order chi connectivity index (χ1) is 19.9. The molecule has 0 bridgehead atoms. The monoisotopic (exact) mass is 608 g/mol. The van der Waals surface area contributed by atoms with Crippen LogP contribution in [0, 0.1) is 19.7 Å². The Balaban J connectivity index is 1.82. The van der Waals surface area contributed by atoms with Crippen molar-refractivity contribution in [1.29, 1.82) is 0 Å². The van der Waals surface area contributed by atoms with E-state index < -0.39 is 27.4 Å². The molecule has 0 atom stereocenters. The molecule has 2 aromatic carbocycles. The quantitative estimate of drug-likeness (QED) is 0.222. The van der Waals surface area contributed by atoms with Gasteiger partial charge in [-0.05, 0) is 60.9 Å². The molecule has 5 aromatic rings. The predicted molar refractivity (Wildman–Crippen MR) is 161 cm³/mol. The molecule has 216 valence electrons. The van der Waals surface area contributed by atoms with Gasteiger partial charge in [-0.15, -0.1) is 0 Å². The van der Waals surface area contributed by atoms with Crippen molar-refractivity contribution < 1.29 is 22.3 Å². The minimum Gasteiger partial charge on any atom is -0.465 e. The van der Waals surface area contributed by atoms with Crippen LogP contribution in [0.5, 0.6) is 0 Å². The predicted octanol–water partition coefficient (Wildman–Crippen LogP) is 5.86. The van der Waals surface area contributed by atoms with Crippen molar-refractivity contribution in [2.75, 3.05) is 18.7 Å². The van der Waals surface area contributed by atoms with E-state index in [1.54, 1.807) is 16.8 Å². The third-order valence-corrected chi connectivity index (χ3v) is 8.03. The minimum atomic E-state index is -3.59. The number of methoxy groups -OCH3 is 1. The molecular formula is C30H26ClFN4O5S. The Hall–Kier alpha value is -4.48. The average Bonchev–Trinajstić information content (AvgIpc) is 3.37. The zero-order valence-electron chi connectivity index (χ0n) is 23.1. The first kappa shape index (κ1) is 29.0. The molecule has 0 fully saturated rings. The van der Waals surface area contributed by atoms with Crippen LogP contribution < -0.4 is 10.9 Å².